The van der Waals surface area contributed by atoms with Crippen LogP contribution in [0.25, 0.3) is 11.5 Å². The van der Waals surface area contributed by atoms with E-state index in [0.29, 0.717) is 36.0 Å². The Morgan fingerprint density at radius 1 is 1.03 bits per heavy atom. The van der Waals surface area contributed by atoms with Crippen molar-refractivity contribution in [2.24, 2.45) is 0 Å². The number of phenolic OH excluding ortho intramolecular Hbond substituents is 1. The van der Waals surface area contributed by atoms with Crippen LogP contribution in [0.15, 0.2) is 47.1 Å². The summed E-state index contributed by atoms with van der Waals surface area (Å²) in [7, 11) is 0. The molecule has 0 saturated heterocycles. The molecule has 0 spiro atoms. The van der Waals surface area contributed by atoms with Gasteiger partial charge < -0.3 is 14.3 Å². The molecule has 0 atom stereocenters. The molecule has 1 aromatic heterocycles. The highest BCUT2D eigenvalue weighted by atomic mass is 16.5. The quantitative estimate of drug-likeness (QED) is 0.489. The summed E-state index contributed by atoms with van der Waals surface area (Å²) in [5.74, 6) is 1.51. The highest BCUT2D eigenvalue weighted by Crippen LogP contribution is 2.41. The number of oxazole rings is 1. The molecule has 0 aliphatic rings. The van der Waals surface area contributed by atoms with Gasteiger partial charge >= 0.3 is 0 Å². The molecule has 5 heteroatoms. The molecule has 3 rings (SSSR count). The van der Waals surface area contributed by atoms with Crippen molar-refractivity contribution in [3.63, 3.8) is 0 Å². The zero-order valence-electron chi connectivity index (χ0n) is 19.2. The van der Waals surface area contributed by atoms with Gasteiger partial charge in [-0.05, 0) is 35.1 Å². The lowest BCUT2D eigenvalue weighted by molar-refractivity contribution is 0.112. The summed E-state index contributed by atoms with van der Waals surface area (Å²) in [6, 6.07) is 11.0. The van der Waals surface area contributed by atoms with E-state index in [1.165, 1.54) is 0 Å². The van der Waals surface area contributed by atoms with Gasteiger partial charge in [-0.15, -0.1) is 0 Å². The molecule has 3 aromatic rings. The van der Waals surface area contributed by atoms with E-state index in [9.17, 15) is 9.90 Å². The van der Waals surface area contributed by atoms with Crippen molar-refractivity contribution in [3.8, 4) is 23.0 Å². The number of aromatic nitrogens is 1. The molecular formula is C26H31NO4. The van der Waals surface area contributed by atoms with Gasteiger partial charge in [0.15, 0.2) is 0 Å². The third kappa shape index (κ3) is 5.35. The number of aromatic hydroxyl groups is 1. The molecule has 0 amide bonds. The summed E-state index contributed by atoms with van der Waals surface area (Å²) >= 11 is 0. The van der Waals surface area contributed by atoms with Gasteiger partial charge in [0.1, 0.15) is 24.0 Å². The number of hydrogen-bond donors (Lipinski definition) is 1. The van der Waals surface area contributed by atoms with E-state index in [0.717, 1.165) is 28.7 Å². The molecule has 164 valence electrons. The predicted octanol–water partition coefficient (Wildman–Crippen LogP) is 6.08. The lowest BCUT2D eigenvalue weighted by Gasteiger charge is -2.27. The van der Waals surface area contributed by atoms with Crippen molar-refractivity contribution in [1.82, 2.24) is 4.98 Å². The van der Waals surface area contributed by atoms with Crippen LogP contribution >= 0.6 is 0 Å². The molecule has 0 aliphatic heterocycles. The van der Waals surface area contributed by atoms with E-state index < -0.39 is 0 Å². The smallest absolute Gasteiger partial charge is 0.226 e. The highest BCUT2D eigenvalue weighted by Gasteiger charge is 2.27. The predicted molar refractivity (Wildman–Crippen MR) is 122 cm³/mol. The minimum Gasteiger partial charge on any atom is -0.507 e. The van der Waals surface area contributed by atoms with Gasteiger partial charge in [0, 0.05) is 28.7 Å². The average Bonchev–Trinajstić information content (AvgIpc) is 3.15. The van der Waals surface area contributed by atoms with E-state index in [-0.39, 0.29) is 10.8 Å². The monoisotopic (exact) mass is 421 g/mol. The van der Waals surface area contributed by atoms with E-state index in [1.54, 1.807) is 24.5 Å². The SMILES string of the molecule is CC(C)(C)c1cc(-c2nc(CCOc3cccc(C=O)c3)co2)cc(C(C)(C)C)c1O. The van der Waals surface area contributed by atoms with Crippen LogP contribution in [0.2, 0.25) is 0 Å². The van der Waals surface area contributed by atoms with Gasteiger partial charge in [0.2, 0.25) is 5.89 Å². The standard InChI is InChI=1S/C26H31NO4/c1-25(2,3)21-13-18(14-22(23(21)29)26(4,5)6)24-27-19(16-31-24)10-11-30-20-9-7-8-17(12-20)15-28/h7-9,12-16,29H,10-11H2,1-6H3. The molecular weight excluding hydrogens is 390 g/mol. The molecule has 31 heavy (non-hydrogen) atoms. The molecule has 1 heterocycles. The van der Waals surface area contributed by atoms with Crippen LogP contribution in [0.1, 0.15) is 68.7 Å². The zero-order chi connectivity index (χ0) is 22.8. The van der Waals surface area contributed by atoms with Crippen LogP contribution < -0.4 is 4.74 Å². The van der Waals surface area contributed by atoms with Gasteiger partial charge in [0.25, 0.3) is 0 Å². The Kier molecular flexibility index (Phi) is 6.25. The molecule has 0 aliphatic carbocycles. The maximum Gasteiger partial charge on any atom is 0.226 e. The first-order chi connectivity index (χ1) is 14.5. The second kappa shape index (κ2) is 8.58. The molecule has 0 fully saturated rings. The summed E-state index contributed by atoms with van der Waals surface area (Å²) in [5.41, 5.74) is 3.50. The van der Waals surface area contributed by atoms with E-state index >= 15 is 0 Å². The number of ether oxygens (including phenoxy) is 1. The summed E-state index contributed by atoms with van der Waals surface area (Å²) < 4.78 is 11.5. The Bertz CT molecular complexity index is 1030. The number of hydrogen-bond acceptors (Lipinski definition) is 5. The van der Waals surface area contributed by atoms with E-state index in [4.69, 9.17) is 9.15 Å². The number of benzene rings is 2. The van der Waals surface area contributed by atoms with Gasteiger partial charge in [-0.1, -0.05) is 53.7 Å². The zero-order valence-corrected chi connectivity index (χ0v) is 19.2. The van der Waals surface area contributed by atoms with Crippen molar-refractivity contribution in [1.29, 1.82) is 0 Å². The molecule has 0 radical (unpaired) electrons. The van der Waals surface area contributed by atoms with Crippen molar-refractivity contribution < 1.29 is 19.1 Å². The number of rotatable bonds is 6. The van der Waals surface area contributed by atoms with Gasteiger partial charge in [-0.2, -0.15) is 0 Å². The lowest BCUT2D eigenvalue weighted by atomic mass is 9.78. The van der Waals surface area contributed by atoms with Gasteiger partial charge in [-0.3, -0.25) is 4.79 Å². The van der Waals surface area contributed by atoms with Crippen LogP contribution in [0, 0.1) is 0 Å². The maximum absolute atomic E-state index is 10.9. The number of aldehydes is 1. The number of nitrogens with zero attached hydrogens (tertiary/aromatic N) is 1. The third-order valence-corrected chi connectivity index (χ3v) is 5.15. The Morgan fingerprint density at radius 2 is 1.68 bits per heavy atom. The summed E-state index contributed by atoms with van der Waals surface area (Å²) in [5, 5.41) is 10.9. The fraction of sp³-hybridized carbons (Fsp3) is 0.385. The molecule has 5 nitrogen and oxygen atoms in total. The molecule has 0 unspecified atom stereocenters. The Morgan fingerprint density at radius 3 is 2.26 bits per heavy atom. The second-order valence-electron chi connectivity index (χ2n) is 9.85. The fourth-order valence-electron chi connectivity index (χ4n) is 3.41. The highest BCUT2D eigenvalue weighted by molar-refractivity contribution is 5.75. The van der Waals surface area contributed by atoms with Crippen molar-refractivity contribution in [2.75, 3.05) is 6.61 Å². The van der Waals surface area contributed by atoms with Crippen molar-refractivity contribution in [3.05, 3.63) is 65.0 Å². The van der Waals surface area contributed by atoms with Crippen molar-refractivity contribution >= 4 is 6.29 Å². The summed E-state index contributed by atoms with van der Waals surface area (Å²) in [6.45, 7) is 12.9. The summed E-state index contributed by atoms with van der Waals surface area (Å²) in [6.07, 6.45) is 3.01. The second-order valence-corrected chi connectivity index (χ2v) is 9.85. The topological polar surface area (TPSA) is 72.6 Å². The first kappa shape index (κ1) is 22.6. The lowest BCUT2D eigenvalue weighted by Crippen LogP contribution is -2.17. The maximum atomic E-state index is 10.9. The average molecular weight is 422 g/mol. The van der Waals surface area contributed by atoms with Crippen molar-refractivity contribution in [2.45, 2.75) is 58.8 Å². The van der Waals surface area contributed by atoms with Crippen LogP contribution in [-0.2, 0) is 17.3 Å². The van der Waals surface area contributed by atoms with Gasteiger partial charge in [0.05, 0.1) is 12.3 Å². The number of carbonyl (C=O) groups excluding carboxylic acids is 1. The van der Waals surface area contributed by atoms with Crippen LogP contribution in [0.5, 0.6) is 11.5 Å². The third-order valence-electron chi connectivity index (χ3n) is 5.15. The molecule has 2 aromatic carbocycles. The summed E-state index contributed by atoms with van der Waals surface area (Å²) in [4.78, 5) is 15.5. The fourth-order valence-corrected chi connectivity index (χ4v) is 3.41. The molecule has 1 N–H and O–H groups in total. The van der Waals surface area contributed by atoms with E-state index in [2.05, 4.69) is 46.5 Å². The Labute approximate surface area is 184 Å². The first-order valence-corrected chi connectivity index (χ1v) is 10.5. The number of phenols is 1. The van der Waals surface area contributed by atoms with Crippen LogP contribution in [0.3, 0.4) is 0 Å². The minimum absolute atomic E-state index is 0.223. The Hall–Kier alpha value is -3.08. The largest absolute Gasteiger partial charge is 0.507 e. The number of carbonyl (C=O) groups is 1. The van der Waals surface area contributed by atoms with Crippen LogP contribution in [0.4, 0.5) is 0 Å². The molecule has 0 saturated carbocycles. The minimum atomic E-state index is -0.223. The Balaban J connectivity index is 1.82. The van der Waals surface area contributed by atoms with E-state index in [1.807, 2.05) is 18.2 Å². The first-order valence-electron chi connectivity index (χ1n) is 10.5. The van der Waals surface area contributed by atoms with Crippen LogP contribution in [-0.4, -0.2) is 23.0 Å². The normalized spacial score (nSPS) is 12.1. The molecule has 0 bridgehead atoms. The van der Waals surface area contributed by atoms with Gasteiger partial charge in [-0.25, -0.2) is 4.98 Å².